The highest BCUT2D eigenvalue weighted by molar-refractivity contribution is 5.94. The van der Waals surface area contributed by atoms with Crippen LogP contribution in [0.3, 0.4) is 0 Å². The summed E-state index contributed by atoms with van der Waals surface area (Å²) in [5.41, 5.74) is 1.02. The van der Waals surface area contributed by atoms with Crippen molar-refractivity contribution in [2.45, 2.75) is 51.7 Å². The summed E-state index contributed by atoms with van der Waals surface area (Å²) in [5, 5.41) is 12.7. The van der Waals surface area contributed by atoms with E-state index < -0.39 is 5.60 Å². The second kappa shape index (κ2) is 8.15. The minimum Gasteiger partial charge on any atom is -0.390 e. The van der Waals surface area contributed by atoms with Gasteiger partial charge in [0, 0.05) is 19.2 Å². The Morgan fingerprint density at radius 1 is 1.43 bits per heavy atom. The van der Waals surface area contributed by atoms with Gasteiger partial charge in [0.15, 0.2) is 0 Å². The lowest BCUT2D eigenvalue weighted by molar-refractivity contribution is 0.0714. The third kappa shape index (κ3) is 6.74. The monoisotopic (exact) mass is 293 g/mol. The Morgan fingerprint density at radius 3 is 2.71 bits per heavy atom. The van der Waals surface area contributed by atoms with Gasteiger partial charge in [0.05, 0.1) is 11.7 Å². The van der Waals surface area contributed by atoms with E-state index in [1.165, 1.54) is 0 Å². The van der Waals surface area contributed by atoms with E-state index in [2.05, 4.69) is 5.32 Å². The first-order chi connectivity index (χ1) is 9.85. The standard InChI is InChI=1S/C17H27NO3/c1-5-15(21-4)12-18-16(19)14-8-6-7-13(11-14)9-10-17(2,3)20/h6-8,11,15,20H,5,9-10,12H2,1-4H3,(H,18,19)/t15-/m0/s1. The maximum atomic E-state index is 12.1. The summed E-state index contributed by atoms with van der Waals surface area (Å²) >= 11 is 0. The van der Waals surface area contributed by atoms with Gasteiger partial charge < -0.3 is 15.2 Å². The lowest BCUT2D eigenvalue weighted by atomic mass is 9.98. The molecular weight excluding hydrogens is 266 g/mol. The van der Waals surface area contributed by atoms with Crippen LogP contribution in [0.15, 0.2) is 24.3 Å². The van der Waals surface area contributed by atoms with Crippen LogP contribution in [0.25, 0.3) is 0 Å². The van der Waals surface area contributed by atoms with Crippen LogP contribution in [0, 0.1) is 0 Å². The third-order valence-corrected chi connectivity index (χ3v) is 3.49. The number of carbonyl (C=O) groups is 1. The first-order valence-electron chi connectivity index (χ1n) is 7.48. The number of benzene rings is 1. The number of aryl methyl sites for hydroxylation is 1. The van der Waals surface area contributed by atoms with E-state index in [-0.39, 0.29) is 12.0 Å². The van der Waals surface area contributed by atoms with Crippen LogP contribution in [0.1, 0.15) is 49.5 Å². The Morgan fingerprint density at radius 2 is 2.14 bits per heavy atom. The molecule has 2 N–H and O–H groups in total. The topological polar surface area (TPSA) is 58.6 Å². The van der Waals surface area contributed by atoms with Crippen molar-refractivity contribution in [1.29, 1.82) is 0 Å². The Bertz CT molecular complexity index is 448. The Hall–Kier alpha value is -1.39. The molecule has 0 radical (unpaired) electrons. The molecule has 0 bridgehead atoms. The van der Waals surface area contributed by atoms with Crippen molar-refractivity contribution in [3.8, 4) is 0 Å². The lowest BCUT2D eigenvalue weighted by Gasteiger charge is -2.17. The molecule has 0 aliphatic heterocycles. The molecule has 0 aliphatic carbocycles. The molecule has 118 valence electrons. The zero-order chi connectivity index (χ0) is 15.9. The molecule has 0 saturated heterocycles. The zero-order valence-electron chi connectivity index (χ0n) is 13.5. The van der Waals surface area contributed by atoms with E-state index in [1.54, 1.807) is 27.0 Å². The molecule has 1 aromatic carbocycles. The van der Waals surface area contributed by atoms with Gasteiger partial charge in [0.25, 0.3) is 5.91 Å². The highest BCUT2D eigenvalue weighted by atomic mass is 16.5. The van der Waals surface area contributed by atoms with Crippen molar-refractivity contribution in [1.82, 2.24) is 5.32 Å². The molecule has 1 rings (SSSR count). The first-order valence-corrected chi connectivity index (χ1v) is 7.48. The Labute approximate surface area is 127 Å². The van der Waals surface area contributed by atoms with Crippen LogP contribution in [0.5, 0.6) is 0 Å². The molecule has 0 unspecified atom stereocenters. The number of nitrogens with one attached hydrogen (secondary N) is 1. The van der Waals surface area contributed by atoms with E-state index >= 15 is 0 Å². The lowest BCUT2D eigenvalue weighted by Crippen LogP contribution is -2.32. The fraction of sp³-hybridized carbons (Fsp3) is 0.588. The van der Waals surface area contributed by atoms with Crippen molar-refractivity contribution in [2.75, 3.05) is 13.7 Å². The number of hydrogen-bond donors (Lipinski definition) is 2. The average Bonchev–Trinajstić information content (AvgIpc) is 2.45. The van der Waals surface area contributed by atoms with Gasteiger partial charge in [-0.3, -0.25) is 4.79 Å². The molecule has 0 heterocycles. The minimum atomic E-state index is -0.689. The fourth-order valence-electron chi connectivity index (χ4n) is 2.02. The molecule has 0 aromatic heterocycles. The molecular formula is C17H27NO3. The zero-order valence-corrected chi connectivity index (χ0v) is 13.5. The summed E-state index contributed by atoms with van der Waals surface area (Å²) in [6, 6.07) is 7.54. The summed E-state index contributed by atoms with van der Waals surface area (Å²) in [4.78, 5) is 12.1. The quantitative estimate of drug-likeness (QED) is 0.774. The number of amides is 1. The number of methoxy groups -OCH3 is 1. The van der Waals surface area contributed by atoms with Crippen LogP contribution >= 0.6 is 0 Å². The number of carbonyl (C=O) groups excluding carboxylic acids is 1. The number of rotatable bonds is 8. The van der Waals surface area contributed by atoms with Crippen LogP contribution in [0.2, 0.25) is 0 Å². The van der Waals surface area contributed by atoms with E-state index in [0.717, 1.165) is 18.4 Å². The molecule has 21 heavy (non-hydrogen) atoms. The summed E-state index contributed by atoms with van der Waals surface area (Å²) in [6.07, 6.45) is 2.33. The molecule has 4 heteroatoms. The second-order valence-corrected chi connectivity index (χ2v) is 5.99. The normalized spacial score (nSPS) is 13.0. The smallest absolute Gasteiger partial charge is 0.251 e. The van der Waals surface area contributed by atoms with Crippen LogP contribution < -0.4 is 5.32 Å². The van der Waals surface area contributed by atoms with Gasteiger partial charge >= 0.3 is 0 Å². The highest BCUT2D eigenvalue weighted by Gasteiger charge is 2.13. The molecule has 1 atom stereocenters. The van der Waals surface area contributed by atoms with Crippen molar-refractivity contribution in [2.24, 2.45) is 0 Å². The summed E-state index contributed by atoms with van der Waals surface area (Å²) in [5.74, 6) is -0.0874. The Balaban J connectivity index is 2.60. The van der Waals surface area contributed by atoms with E-state index in [9.17, 15) is 9.90 Å². The number of aliphatic hydroxyl groups is 1. The van der Waals surface area contributed by atoms with Crippen molar-refractivity contribution in [3.05, 3.63) is 35.4 Å². The van der Waals surface area contributed by atoms with Crippen LogP contribution in [0.4, 0.5) is 0 Å². The molecule has 1 aromatic rings. The van der Waals surface area contributed by atoms with Crippen molar-refractivity contribution >= 4 is 5.91 Å². The molecule has 0 aliphatic rings. The SMILES string of the molecule is CC[C@@H](CNC(=O)c1cccc(CCC(C)(C)O)c1)OC. The van der Waals surface area contributed by atoms with E-state index in [0.29, 0.717) is 18.5 Å². The van der Waals surface area contributed by atoms with Gasteiger partial charge in [-0.1, -0.05) is 19.1 Å². The van der Waals surface area contributed by atoms with Gasteiger partial charge in [-0.2, -0.15) is 0 Å². The van der Waals surface area contributed by atoms with Gasteiger partial charge in [-0.05, 0) is 50.8 Å². The minimum absolute atomic E-state index is 0.0484. The fourth-order valence-corrected chi connectivity index (χ4v) is 2.02. The Kier molecular flexibility index (Phi) is 6.85. The maximum Gasteiger partial charge on any atom is 0.251 e. The third-order valence-electron chi connectivity index (χ3n) is 3.49. The predicted molar refractivity (Wildman–Crippen MR) is 84.5 cm³/mol. The van der Waals surface area contributed by atoms with E-state index in [4.69, 9.17) is 4.74 Å². The molecule has 4 nitrogen and oxygen atoms in total. The number of hydrogen-bond acceptors (Lipinski definition) is 3. The predicted octanol–water partition coefficient (Wildman–Crippen LogP) is 2.54. The van der Waals surface area contributed by atoms with Gasteiger partial charge in [0.2, 0.25) is 0 Å². The highest BCUT2D eigenvalue weighted by Crippen LogP contribution is 2.14. The molecule has 0 saturated carbocycles. The summed E-state index contributed by atoms with van der Waals surface area (Å²) < 4.78 is 5.24. The summed E-state index contributed by atoms with van der Waals surface area (Å²) in [6.45, 7) is 6.12. The average molecular weight is 293 g/mol. The van der Waals surface area contributed by atoms with Crippen molar-refractivity contribution in [3.63, 3.8) is 0 Å². The van der Waals surface area contributed by atoms with Gasteiger partial charge in [-0.15, -0.1) is 0 Å². The van der Waals surface area contributed by atoms with Gasteiger partial charge in [-0.25, -0.2) is 0 Å². The molecule has 0 fully saturated rings. The number of ether oxygens (including phenoxy) is 1. The largest absolute Gasteiger partial charge is 0.390 e. The van der Waals surface area contributed by atoms with Crippen LogP contribution in [-0.2, 0) is 11.2 Å². The van der Waals surface area contributed by atoms with E-state index in [1.807, 2.05) is 25.1 Å². The van der Waals surface area contributed by atoms with Gasteiger partial charge in [0.1, 0.15) is 0 Å². The summed E-state index contributed by atoms with van der Waals surface area (Å²) in [7, 11) is 1.65. The van der Waals surface area contributed by atoms with Crippen molar-refractivity contribution < 1.29 is 14.6 Å². The second-order valence-electron chi connectivity index (χ2n) is 5.99. The first kappa shape index (κ1) is 17.7. The molecule has 1 amide bonds. The van der Waals surface area contributed by atoms with Crippen LogP contribution in [-0.4, -0.2) is 36.4 Å². The molecule has 0 spiro atoms. The maximum absolute atomic E-state index is 12.1.